The van der Waals surface area contributed by atoms with E-state index in [0.29, 0.717) is 32.1 Å². The number of aryl methyl sites for hydroxylation is 1. The quantitative estimate of drug-likeness (QED) is 0.774. The second-order valence-electron chi connectivity index (χ2n) is 6.56. The smallest absolute Gasteiger partial charge is 0.317 e. The van der Waals surface area contributed by atoms with Crippen molar-refractivity contribution in [2.45, 2.75) is 18.9 Å². The van der Waals surface area contributed by atoms with E-state index in [9.17, 15) is 9.90 Å². The molecule has 2 N–H and O–H groups in total. The number of piperidine rings is 1. The predicted octanol–water partition coefficient (Wildman–Crippen LogP) is 1.95. The Labute approximate surface area is 153 Å². The van der Waals surface area contributed by atoms with Crippen molar-refractivity contribution in [1.82, 2.24) is 19.8 Å². The third kappa shape index (κ3) is 4.54. The van der Waals surface area contributed by atoms with Crippen LogP contribution in [0.15, 0.2) is 42.7 Å². The predicted molar refractivity (Wildman–Crippen MR) is 97.8 cm³/mol. The van der Waals surface area contributed by atoms with Crippen LogP contribution >= 0.6 is 0 Å². The Bertz CT molecular complexity index is 696. The number of hydrogen-bond donors (Lipinski definition) is 2. The number of urea groups is 1. The summed E-state index contributed by atoms with van der Waals surface area (Å²) in [5.41, 5.74) is 0. The molecule has 1 aliphatic rings. The summed E-state index contributed by atoms with van der Waals surface area (Å²) < 4.78 is 7.41. The van der Waals surface area contributed by atoms with Crippen LogP contribution in [0, 0.1) is 5.92 Å². The number of ether oxygens (including phenoxy) is 1. The molecule has 7 nitrogen and oxygen atoms in total. The summed E-state index contributed by atoms with van der Waals surface area (Å²) in [4.78, 5) is 18.3. The molecule has 2 amide bonds. The SMILES string of the molecule is Cn1ccnc1[C@@H](O)C1CCN(C(=O)NCCOc2ccccc2)CC1. The number of carbonyl (C=O) groups excluding carboxylic acids is 1. The largest absolute Gasteiger partial charge is 0.492 e. The lowest BCUT2D eigenvalue weighted by molar-refractivity contribution is 0.0583. The van der Waals surface area contributed by atoms with Crippen molar-refractivity contribution in [3.63, 3.8) is 0 Å². The lowest BCUT2D eigenvalue weighted by Gasteiger charge is -2.34. The van der Waals surface area contributed by atoms with Crippen LogP contribution in [0.5, 0.6) is 5.75 Å². The minimum absolute atomic E-state index is 0.0772. The van der Waals surface area contributed by atoms with Crippen LogP contribution in [-0.2, 0) is 7.05 Å². The lowest BCUT2D eigenvalue weighted by Crippen LogP contribution is -2.46. The molecule has 0 bridgehead atoms. The van der Waals surface area contributed by atoms with Crippen molar-refractivity contribution in [3.05, 3.63) is 48.5 Å². The first-order valence-electron chi connectivity index (χ1n) is 9.01. The van der Waals surface area contributed by atoms with E-state index in [-0.39, 0.29) is 11.9 Å². The summed E-state index contributed by atoms with van der Waals surface area (Å²) >= 11 is 0. The van der Waals surface area contributed by atoms with Gasteiger partial charge in [-0.25, -0.2) is 9.78 Å². The number of aliphatic hydroxyl groups excluding tert-OH is 1. The molecule has 1 fully saturated rings. The molecule has 1 saturated heterocycles. The van der Waals surface area contributed by atoms with Crippen molar-refractivity contribution in [2.75, 3.05) is 26.2 Å². The van der Waals surface area contributed by atoms with E-state index < -0.39 is 6.10 Å². The first-order valence-corrected chi connectivity index (χ1v) is 9.01. The molecule has 140 valence electrons. The Morgan fingerprint density at radius 2 is 2.08 bits per heavy atom. The van der Waals surface area contributed by atoms with Gasteiger partial charge in [0.1, 0.15) is 24.3 Å². The zero-order valence-electron chi connectivity index (χ0n) is 15.0. The molecule has 0 aliphatic carbocycles. The van der Waals surface area contributed by atoms with Crippen LogP contribution in [0.1, 0.15) is 24.8 Å². The van der Waals surface area contributed by atoms with E-state index >= 15 is 0 Å². The van der Waals surface area contributed by atoms with E-state index in [4.69, 9.17) is 4.74 Å². The average molecular weight is 358 g/mol. The Hall–Kier alpha value is -2.54. The van der Waals surface area contributed by atoms with Gasteiger partial charge >= 0.3 is 6.03 Å². The Morgan fingerprint density at radius 3 is 2.73 bits per heavy atom. The van der Waals surface area contributed by atoms with Crippen LogP contribution in [0.2, 0.25) is 0 Å². The van der Waals surface area contributed by atoms with E-state index in [2.05, 4.69) is 10.3 Å². The number of rotatable bonds is 6. The second kappa shape index (κ2) is 8.71. The van der Waals surface area contributed by atoms with Gasteiger partial charge in [0.05, 0.1) is 6.54 Å². The van der Waals surface area contributed by atoms with Crippen LogP contribution in [-0.4, -0.2) is 51.8 Å². The number of likely N-dealkylation sites (tertiary alicyclic amines) is 1. The zero-order chi connectivity index (χ0) is 18.4. The fraction of sp³-hybridized carbons (Fsp3) is 0.474. The number of amides is 2. The van der Waals surface area contributed by atoms with Gasteiger partial charge in [0.2, 0.25) is 0 Å². The molecule has 2 heterocycles. The topological polar surface area (TPSA) is 79.6 Å². The summed E-state index contributed by atoms with van der Waals surface area (Å²) in [6.07, 6.45) is 4.47. The van der Waals surface area contributed by atoms with Crippen molar-refractivity contribution in [1.29, 1.82) is 0 Å². The molecule has 3 rings (SSSR count). The Kier molecular flexibility index (Phi) is 6.12. The highest BCUT2D eigenvalue weighted by atomic mass is 16.5. The molecule has 1 aromatic heterocycles. The van der Waals surface area contributed by atoms with Gasteiger partial charge in [0.25, 0.3) is 0 Å². The minimum Gasteiger partial charge on any atom is -0.492 e. The van der Waals surface area contributed by atoms with E-state index in [1.807, 2.05) is 48.1 Å². The molecule has 0 unspecified atom stereocenters. The van der Waals surface area contributed by atoms with Gasteiger partial charge in [-0.3, -0.25) is 0 Å². The first-order chi connectivity index (χ1) is 12.6. The van der Waals surface area contributed by atoms with Gasteiger partial charge in [-0.1, -0.05) is 18.2 Å². The maximum absolute atomic E-state index is 12.2. The summed E-state index contributed by atoms with van der Waals surface area (Å²) in [5.74, 6) is 1.61. The third-order valence-corrected chi connectivity index (χ3v) is 4.79. The molecule has 1 aromatic carbocycles. The number of para-hydroxylation sites is 1. The number of imidazole rings is 1. The highest BCUT2D eigenvalue weighted by Gasteiger charge is 2.29. The molecule has 2 aromatic rings. The molecule has 1 atom stereocenters. The molecule has 7 heteroatoms. The molecular weight excluding hydrogens is 332 g/mol. The van der Waals surface area contributed by atoms with Crippen LogP contribution in [0.25, 0.3) is 0 Å². The van der Waals surface area contributed by atoms with Gasteiger partial charge in [-0.15, -0.1) is 0 Å². The van der Waals surface area contributed by atoms with E-state index in [0.717, 1.165) is 18.6 Å². The standard InChI is InChI=1S/C19H26N4O3/c1-22-13-9-20-18(22)17(24)15-7-11-23(12-8-15)19(25)21-10-14-26-16-5-3-2-4-6-16/h2-6,9,13,15,17,24H,7-8,10-12,14H2,1H3,(H,21,25)/t17-/m0/s1. The maximum Gasteiger partial charge on any atom is 0.317 e. The van der Waals surface area contributed by atoms with E-state index in [1.165, 1.54) is 0 Å². The molecule has 0 radical (unpaired) electrons. The van der Waals surface area contributed by atoms with Crippen LogP contribution in [0.3, 0.4) is 0 Å². The zero-order valence-corrected chi connectivity index (χ0v) is 15.0. The fourth-order valence-electron chi connectivity index (χ4n) is 3.25. The van der Waals surface area contributed by atoms with Crippen molar-refractivity contribution >= 4 is 6.03 Å². The first kappa shape index (κ1) is 18.3. The number of carbonyl (C=O) groups is 1. The fourth-order valence-corrected chi connectivity index (χ4v) is 3.25. The highest BCUT2D eigenvalue weighted by Crippen LogP contribution is 2.29. The number of aliphatic hydroxyl groups is 1. The van der Waals surface area contributed by atoms with Crippen LogP contribution in [0.4, 0.5) is 4.79 Å². The summed E-state index contributed by atoms with van der Waals surface area (Å²) in [7, 11) is 1.88. The van der Waals surface area contributed by atoms with Crippen molar-refractivity contribution in [2.24, 2.45) is 13.0 Å². The van der Waals surface area contributed by atoms with Crippen LogP contribution < -0.4 is 10.1 Å². The number of nitrogens with one attached hydrogen (secondary N) is 1. The molecule has 0 spiro atoms. The Morgan fingerprint density at radius 1 is 1.35 bits per heavy atom. The number of nitrogens with zero attached hydrogens (tertiary/aromatic N) is 3. The summed E-state index contributed by atoms with van der Waals surface area (Å²) in [6.45, 7) is 2.17. The monoisotopic (exact) mass is 358 g/mol. The Balaban J connectivity index is 1.37. The van der Waals surface area contributed by atoms with Crippen molar-refractivity contribution < 1.29 is 14.6 Å². The van der Waals surface area contributed by atoms with Gasteiger partial charge in [-0.05, 0) is 30.9 Å². The van der Waals surface area contributed by atoms with Gasteiger partial charge in [0.15, 0.2) is 0 Å². The van der Waals surface area contributed by atoms with Gasteiger partial charge in [0, 0.05) is 32.5 Å². The highest BCUT2D eigenvalue weighted by molar-refractivity contribution is 5.74. The minimum atomic E-state index is -0.584. The average Bonchev–Trinajstić information content (AvgIpc) is 3.11. The molecule has 1 aliphatic heterocycles. The lowest BCUT2D eigenvalue weighted by atomic mass is 9.91. The molecule has 0 saturated carbocycles. The third-order valence-electron chi connectivity index (χ3n) is 4.79. The second-order valence-corrected chi connectivity index (χ2v) is 6.56. The maximum atomic E-state index is 12.2. The summed E-state index contributed by atoms with van der Waals surface area (Å²) in [6, 6.07) is 9.46. The molecular formula is C19H26N4O3. The number of benzene rings is 1. The van der Waals surface area contributed by atoms with Crippen molar-refractivity contribution in [3.8, 4) is 5.75 Å². The molecule has 26 heavy (non-hydrogen) atoms. The van der Waals surface area contributed by atoms with Gasteiger partial charge in [-0.2, -0.15) is 0 Å². The number of aromatic nitrogens is 2. The van der Waals surface area contributed by atoms with E-state index in [1.54, 1.807) is 11.1 Å². The normalized spacial score (nSPS) is 16.3. The summed E-state index contributed by atoms with van der Waals surface area (Å²) in [5, 5.41) is 13.4. The number of hydrogen-bond acceptors (Lipinski definition) is 4. The van der Waals surface area contributed by atoms with Gasteiger partial charge < -0.3 is 24.6 Å².